The van der Waals surface area contributed by atoms with Crippen molar-refractivity contribution in [3.8, 4) is 11.3 Å². The molecule has 2 N–H and O–H groups in total. The molecule has 30 heavy (non-hydrogen) atoms. The molecule has 3 rings (SSSR count). The Labute approximate surface area is 176 Å². The molecule has 0 saturated heterocycles. The van der Waals surface area contributed by atoms with Crippen molar-refractivity contribution >= 4 is 11.6 Å². The number of carbonyl (C=O) groups excluding carboxylic acids is 1. The van der Waals surface area contributed by atoms with Crippen molar-refractivity contribution in [2.45, 2.75) is 46.5 Å². The molecule has 0 aliphatic rings. The van der Waals surface area contributed by atoms with Gasteiger partial charge in [-0.1, -0.05) is 46.8 Å². The third kappa shape index (κ3) is 5.20. The fraction of sp³-hybridized carbons (Fsp3) is 0.333. The van der Waals surface area contributed by atoms with Crippen LogP contribution in [-0.2, 0) is 11.8 Å². The molecule has 2 heterocycles. The summed E-state index contributed by atoms with van der Waals surface area (Å²) in [5, 5.41) is 2.72. The van der Waals surface area contributed by atoms with Gasteiger partial charge in [-0.05, 0) is 41.2 Å². The molecule has 0 saturated carbocycles. The van der Waals surface area contributed by atoms with E-state index in [-0.39, 0.29) is 22.6 Å². The van der Waals surface area contributed by atoms with Crippen LogP contribution in [0.1, 0.15) is 56.4 Å². The zero-order valence-electron chi connectivity index (χ0n) is 18.1. The van der Waals surface area contributed by atoms with Gasteiger partial charge in [-0.25, -0.2) is 9.97 Å². The van der Waals surface area contributed by atoms with E-state index < -0.39 is 0 Å². The molecule has 3 aromatic rings. The molecule has 0 bridgehead atoms. The summed E-state index contributed by atoms with van der Waals surface area (Å²) in [6.07, 6.45) is 4.07. The number of amides is 1. The summed E-state index contributed by atoms with van der Waals surface area (Å²) in [5.74, 6) is 0.856. The van der Waals surface area contributed by atoms with E-state index in [0.717, 1.165) is 17.8 Å². The van der Waals surface area contributed by atoms with Crippen molar-refractivity contribution < 1.29 is 4.79 Å². The summed E-state index contributed by atoms with van der Waals surface area (Å²) in [7, 11) is 0. The van der Waals surface area contributed by atoms with Crippen LogP contribution < -0.4 is 10.9 Å². The Balaban J connectivity index is 1.84. The molecule has 0 fully saturated rings. The van der Waals surface area contributed by atoms with E-state index in [4.69, 9.17) is 0 Å². The number of aromatic nitrogens is 3. The van der Waals surface area contributed by atoms with Crippen molar-refractivity contribution in [1.82, 2.24) is 15.0 Å². The largest absolute Gasteiger partial charge is 0.327 e. The lowest BCUT2D eigenvalue weighted by molar-refractivity contribution is 0.102. The van der Waals surface area contributed by atoms with Crippen LogP contribution in [0.25, 0.3) is 11.3 Å². The quantitative estimate of drug-likeness (QED) is 0.651. The van der Waals surface area contributed by atoms with Gasteiger partial charge in [0.05, 0.1) is 5.69 Å². The Morgan fingerprint density at radius 2 is 1.83 bits per heavy atom. The fourth-order valence-corrected chi connectivity index (χ4v) is 3.06. The first-order valence-electron chi connectivity index (χ1n) is 10.1. The third-order valence-electron chi connectivity index (χ3n) is 4.76. The number of benzene rings is 1. The number of hydrogen-bond acceptors (Lipinski definition) is 4. The molecule has 1 aromatic carbocycles. The van der Waals surface area contributed by atoms with Crippen LogP contribution in [0, 0.1) is 5.92 Å². The second-order valence-electron chi connectivity index (χ2n) is 8.87. The lowest BCUT2D eigenvalue weighted by Crippen LogP contribution is -2.20. The van der Waals surface area contributed by atoms with Crippen LogP contribution in [0.3, 0.4) is 0 Å². The highest BCUT2D eigenvalue weighted by Crippen LogP contribution is 2.23. The van der Waals surface area contributed by atoms with Gasteiger partial charge in [0.15, 0.2) is 0 Å². The normalized spacial score (nSPS) is 11.5. The SMILES string of the molecule is CC(C)Cc1nccc(-c2c[nH]c(=O)c(NC(=O)c3ccc(C(C)(C)C)cc3)c2)n1. The van der Waals surface area contributed by atoms with E-state index in [1.165, 1.54) is 0 Å². The Bertz CT molecular complexity index is 1090. The molecule has 0 unspecified atom stereocenters. The van der Waals surface area contributed by atoms with Gasteiger partial charge < -0.3 is 10.3 Å². The molecule has 6 heteroatoms. The van der Waals surface area contributed by atoms with Gasteiger partial charge in [0, 0.05) is 29.9 Å². The van der Waals surface area contributed by atoms with E-state index in [2.05, 4.69) is 54.9 Å². The van der Waals surface area contributed by atoms with Crippen molar-refractivity contribution in [3.05, 3.63) is 76.1 Å². The van der Waals surface area contributed by atoms with Crippen LogP contribution in [0.5, 0.6) is 0 Å². The molecule has 1 amide bonds. The molecule has 0 spiro atoms. The smallest absolute Gasteiger partial charge is 0.271 e. The number of nitrogens with one attached hydrogen (secondary N) is 2. The van der Waals surface area contributed by atoms with E-state index in [1.807, 2.05) is 12.1 Å². The third-order valence-corrected chi connectivity index (χ3v) is 4.76. The molecule has 0 atom stereocenters. The maximum absolute atomic E-state index is 12.7. The average Bonchev–Trinajstić information content (AvgIpc) is 2.69. The Kier molecular flexibility index (Phi) is 6.15. The minimum Gasteiger partial charge on any atom is -0.327 e. The zero-order valence-corrected chi connectivity index (χ0v) is 18.1. The first-order chi connectivity index (χ1) is 14.1. The summed E-state index contributed by atoms with van der Waals surface area (Å²) < 4.78 is 0. The van der Waals surface area contributed by atoms with Crippen molar-refractivity contribution in [1.29, 1.82) is 0 Å². The number of anilines is 1. The molecule has 6 nitrogen and oxygen atoms in total. The zero-order chi connectivity index (χ0) is 21.9. The Morgan fingerprint density at radius 1 is 1.13 bits per heavy atom. The first-order valence-corrected chi connectivity index (χ1v) is 10.1. The van der Waals surface area contributed by atoms with Crippen molar-refractivity contribution in [2.24, 2.45) is 5.92 Å². The summed E-state index contributed by atoms with van der Waals surface area (Å²) in [6, 6.07) is 10.8. The van der Waals surface area contributed by atoms with Crippen LogP contribution in [0.4, 0.5) is 5.69 Å². The molecular weight excluding hydrogens is 376 g/mol. The first kappa shape index (κ1) is 21.4. The minimum atomic E-state index is -0.366. The second kappa shape index (κ2) is 8.61. The van der Waals surface area contributed by atoms with Gasteiger partial charge in [-0.2, -0.15) is 0 Å². The number of pyridine rings is 1. The number of hydrogen-bond donors (Lipinski definition) is 2. The molecule has 0 aliphatic carbocycles. The van der Waals surface area contributed by atoms with Gasteiger partial charge in [0.2, 0.25) is 0 Å². The maximum atomic E-state index is 12.7. The van der Waals surface area contributed by atoms with E-state index in [9.17, 15) is 9.59 Å². The predicted octanol–water partition coefficient (Wildman–Crippen LogP) is 4.58. The molecule has 156 valence electrons. The van der Waals surface area contributed by atoms with Crippen LogP contribution in [0.2, 0.25) is 0 Å². The summed E-state index contributed by atoms with van der Waals surface area (Å²) in [5.41, 5.74) is 2.86. The molecule has 0 aliphatic heterocycles. The van der Waals surface area contributed by atoms with Gasteiger partial charge in [0.25, 0.3) is 11.5 Å². The average molecular weight is 405 g/mol. The number of aromatic amines is 1. The summed E-state index contributed by atoms with van der Waals surface area (Å²) in [4.78, 5) is 36.5. The van der Waals surface area contributed by atoms with E-state index in [0.29, 0.717) is 22.7 Å². The number of carbonyl (C=O) groups is 1. The monoisotopic (exact) mass is 404 g/mol. The minimum absolute atomic E-state index is 0.00640. The van der Waals surface area contributed by atoms with Gasteiger partial charge >= 0.3 is 0 Å². The van der Waals surface area contributed by atoms with Crippen molar-refractivity contribution in [2.75, 3.05) is 5.32 Å². The maximum Gasteiger partial charge on any atom is 0.271 e. The van der Waals surface area contributed by atoms with Crippen LogP contribution in [0.15, 0.2) is 53.6 Å². The second-order valence-corrected chi connectivity index (χ2v) is 8.87. The van der Waals surface area contributed by atoms with Gasteiger partial charge in [-0.15, -0.1) is 0 Å². The van der Waals surface area contributed by atoms with Gasteiger partial charge in [-0.3, -0.25) is 9.59 Å². The topological polar surface area (TPSA) is 87.7 Å². The molecule has 2 aromatic heterocycles. The highest BCUT2D eigenvalue weighted by atomic mass is 16.2. The molecular formula is C24H28N4O2. The lowest BCUT2D eigenvalue weighted by Gasteiger charge is -2.19. The predicted molar refractivity (Wildman–Crippen MR) is 120 cm³/mol. The summed E-state index contributed by atoms with van der Waals surface area (Å²) in [6.45, 7) is 10.6. The van der Waals surface area contributed by atoms with E-state index >= 15 is 0 Å². The van der Waals surface area contributed by atoms with Crippen LogP contribution >= 0.6 is 0 Å². The highest BCUT2D eigenvalue weighted by Gasteiger charge is 2.15. The Hall–Kier alpha value is -3.28. The molecule has 0 radical (unpaired) electrons. The number of nitrogens with zero attached hydrogens (tertiary/aromatic N) is 2. The van der Waals surface area contributed by atoms with Crippen LogP contribution in [-0.4, -0.2) is 20.9 Å². The number of H-pyrrole nitrogens is 1. The van der Waals surface area contributed by atoms with Crippen molar-refractivity contribution in [3.63, 3.8) is 0 Å². The highest BCUT2D eigenvalue weighted by molar-refractivity contribution is 6.04. The number of rotatable bonds is 5. The standard InChI is InChI=1S/C24H28N4O2/c1-15(2)12-21-25-11-10-19(27-21)17-13-20(23(30)26-14-17)28-22(29)16-6-8-18(9-7-16)24(3,4)5/h6-11,13-15H,12H2,1-5H3,(H,26,30)(H,28,29). The van der Waals surface area contributed by atoms with E-state index in [1.54, 1.807) is 36.7 Å². The lowest BCUT2D eigenvalue weighted by atomic mass is 9.87. The Morgan fingerprint density at radius 3 is 2.47 bits per heavy atom. The fourth-order valence-electron chi connectivity index (χ4n) is 3.06. The summed E-state index contributed by atoms with van der Waals surface area (Å²) >= 11 is 0. The van der Waals surface area contributed by atoms with Gasteiger partial charge in [0.1, 0.15) is 11.5 Å².